The first kappa shape index (κ1) is 29.6. The SMILES string of the molecule is COc1cc(C)c(S(=O)(=O)N(C)CCOCC(=O)N(C)/C=C2\CC[C@H](CN3CCCC3)C2(C)C)c(C)c1. The molecule has 0 radical (unpaired) electrons. The molecule has 1 heterocycles. The van der Waals surface area contributed by atoms with E-state index in [2.05, 4.69) is 18.7 Å². The lowest BCUT2D eigenvalue weighted by molar-refractivity contribution is -0.132. The second kappa shape index (κ2) is 12.3. The minimum atomic E-state index is -3.70. The van der Waals surface area contributed by atoms with Crippen molar-refractivity contribution in [2.75, 3.05) is 60.6 Å². The van der Waals surface area contributed by atoms with Crippen LogP contribution in [0.4, 0.5) is 0 Å². The van der Waals surface area contributed by atoms with Gasteiger partial charge in [-0.3, -0.25) is 4.79 Å². The number of methoxy groups -OCH3 is 1. The van der Waals surface area contributed by atoms with E-state index in [-0.39, 0.29) is 36.0 Å². The number of carbonyl (C=O) groups is 1. The Kier molecular flexibility index (Phi) is 9.83. The van der Waals surface area contributed by atoms with Crippen LogP contribution in [0.25, 0.3) is 0 Å². The van der Waals surface area contributed by atoms with Crippen molar-refractivity contribution in [3.8, 4) is 5.75 Å². The molecule has 1 saturated heterocycles. The third kappa shape index (κ3) is 6.93. The van der Waals surface area contributed by atoms with Crippen molar-refractivity contribution in [3.63, 3.8) is 0 Å². The highest BCUT2D eigenvalue weighted by Gasteiger charge is 2.40. The van der Waals surface area contributed by atoms with Crippen LogP contribution in [-0.2, 0) is 19.6 Å². The summed E-state index contributed by atoms with van der Waals surface area (Å²) in [6.07, 6.45) is 6.76. The number of hydrogen-bond donors (Lipinski definition) is 0. The van der Waals surface area contributed by atoms with Crippen molar-refractivity contribution < 1.29 is 22.7 Å². The van der Waals surface area contributed by atoms with Crippen LogP contribution in [0.5, 0.6) is 5.75 Å². The van der Waals surface area contributed by atoms with Gasteiger partial charge in [0.05, 0.1) is 18.6 Å². The van der Waals surface area contributed by atoms with Crippen molar-refractivity contribution in [1.29, 1.82) is 0 Å². The maximum absolute atomic E-state index is 13.1. The molecule has 8 nitrogen and oxygen atoms in total. The average molecular weight is 536 g/mol. The molecule has 37 heavy (non-hydrogen) atoms. The Balaban J connectivity index is 1.50. The molecular weight excluding hydrogens is 490 g/mol. The number of aryl methyl sites for hydroxylation is 2. The van der Waals surface area contributed by atoms with E-state index in [0.717, 1.165) is 19.4 Å². The summed E-state index contributed by atoms with van der Waals surface area (Å²) in [4.78, 5) is 17.2. The van der Waals surface area contributed by atoms with Crippen molar-refractivity contribution in [1.82, 2.24) is 14.1 Å². The maximum atomic E-state index is 13.1. The van der Waals surface area contributed by atoms with Crippen LogP contribution in [0, 0.1) is 25.2 Å². The van der Waals surface area contributed by atoms with E-state index in [0.29, 0.717) is 22.8 Å². The van der Waals surface area contributed by atoms with Gasteiger partial charge in [-0.25, -0.2) is 8.42 Å². The number of benzene rings is 1. The van der Waals surface area contributed by atoms with Gasteiger partial charge in [0.25, 0.3) is 5.91 Å². The number of carbonyl (C=O) groups excluding carboxylic acids is 1. The lowest BCUT2D eigenvalue weighted by Crippen LogP contribution is -2.34. The van der Waals surface area contributed by atoms with E-state index in [9.17, 15) is 13.2 Å². The van der Waals surface area contributed by atoms with Gasteiger partial charge in [-0.05, 0) is 92.8 Å². The number of sulfonamides is 1. The summed E-state index contributed by atoms with van der Waals surface area (Å²) in [6.45, 7) is 11.8. The van der Waals surface area contributed by atoms with Gasteiger partial charge in [-0.1, -0.05) is 13.8 Å². The summed E-state index contributed by atoms with van der Waals surface area (Å²) in [5.41, 5.74) is 2.63. The highest BCUT2D eigenvalue weighted by molar-refractivity contribution is 7.89. The predicted molar refractivity (Wildman–Crippen MR) is 146 cm³/mol. The molecule has 1 aromatic rings. The Morgan fingerprint density at radius 2 is 1.78 bits per heavy atom. The molecule has 1 amide bonds. The summed E-state index contributed by atoms with van der Waals surface area (Å²) in [6, 6.07) is 3.43. The first-order chi connectivity index (χ1) is 17.4. The Hall–Kier alpha value is -1.94. The Bertz CT molecular complexity index is 1070. The fraction of sp³-hybridized carbons (Fsp3) is 0.679. The zero-order valence-corrected chi connectivity index (χ0v) is 24.5. The average Bonchev–Trinajstić information content (AvgIpc) is 3.44. The Morgan fingerprint density at radius 3 is 2.38 bits per heavy atom. The van der Waals surface area contributed by atoms with Crippen molar-refractivity contribution >= 4 is 15.9 Å². The Labute approximate surface area is 223 Å². The van der Waals surface area contributed by atoms with Crippen molar-refractivity contribution in [2.24, 2.45) is 11.3 Å². The van der Waals surface area contributed by atoms with E-state index >= 15 is 0 Å². The minimum Gasteiger partial charge on any atom is -0.497 e. The van der Waals surface area contributed by atoms with E-state index in [1.807, 2.05) is 6.20 Å². The molecule has 0 spiro atoms. The number of hydrogen-bond acceptors (Lipinski definition) is 6. The molecule has 0 unspecified atom stereocenters. The first-order valence-corrected chi connectivity index (χ1v) is 14.7. The van der Waals surface area contributed by atoms with Gasteiger partial charge in [0, 0.05) is 33.4 Å². The van der Waals surface area contributed by atoms with E-state index in [1.165, 1.54) is 42.9 Å². The molecule has 1 aromatic carbocycles. The summed E-state index contributed by atoms with van der Waals surface area (Å²) in [5.74, 6) is 1.09. The molecule has 0 bridgehead atoms. The summed E-state index contributed by atoms with van der Waals surface area (Å²) in [5, 5.41) is 0. The Morgan fingerprint density at radius 1 is 1.16 bits per heavy atom. The van der Waals surface area contributed by atoms with Crippen LogP contribution < -0.4 is 4.74 Å². The smallest absolute Gasteiger partial charge is 0.252 e. The molecule has 1 aliphatic heterocycles. The van der Waals surface area contributed by atoms with Crippen LogP contribution in [0.3, 0.4) is 0 Å². The van der Waals surface area contributed by atoms with Crippen molar-refractivity contribution in [3.05, 3.63) is 35.0 Å². The predicted octanol–water partition coefficient (Wildman–Crippen LogP) is 3.82. The number of allylic oxidation sites excluding steroid dienone is 1. The maximum Gasteiger partial charge on any atom is 0.252 e. The molecule has 1 saturated carbocycles. The summed E-state index contributed by atoms with van der Waals surface area (Å²) in [7, 11) is 1.16. The quantitative estimate of drug-likeness (QED) is 0.401. The van der Waals surface area contributed by atoms with Crippen LogP contribution in [0.15, 0.2) is 28.8 Å². The summed E-state index contributed by atoms with van der Waals surface area (Å²) < 4.78 is 38.4. The number of amides is 1. The van der Waals surface area contributed by atoms with Crippen LogP contribution in [0.1, 0.15) is 50.7 Å². The van der Waals surface area contributed by atoms with Gasteiger partial charge in [0.2, 0.25) is 10.0 Å². The molecule has 0 N–H and O–H groups in total. The molecule has 0 aromatic heterocycles. The number of ether oxygens (including phenoxy) is 2. The number of rotatable bonds is 11. The molecule has 3 rings (SSSR count). The lowest BCUT2D eigenvalue weighted by Gasteiger charge is -2.32. The monoisotopic (exact) mass is 535 g/mol. The third-order valence-electron chi connectivity index (χ3n) is 8.14. The van der Waals surface area contributed by atoms with E-state index in [4.69, 9.17) is 9.47 Å². The number of likely N-dealkylation sites (tertiary alicyclic amines) is 1. The molecule has 9 heteroatoms. The molecule has 208 valence electrons. The second-order valence-electron chi connectivity index (χ2n) is 11.1. The van der Waals surface area contributed by atoms with Gasteiger partial charge in [-0.15, -0.1) is 0 Å². The molecule has 2 aliphatic rings. The minimum absolute atomic E-state index is 0.0623. The second-order valence-corrected chi connectivity index (χ2v) is 13.1. The topological polar surface area (TPSA) is 79.4 Å². The highest BCUT2D eigenvalue weighted by Crippen LogP contribution is 2.47. The summed E-state index contributed by atoms with van der Waals surface area (Å²) >= 11 is 0. The zero-order valence-electron chi connectivity index (χ0n) is 23.7. The number of nitrogens with zero attached hydrogens (tertiary/aromatic N) is 3. The molecule has 2 fully saturated rings. The van der Waals surface area contributed by atoms with Crippen LogP contribution in [0.2, 0.25) is 0 Å². The van der Waals surface area contributed by atoms with Gasteiger partial charge in [-0.2, -0.15) is 4.31 Å². The van der Waals surface area contributed by atoms with Crippen LogP contribution in [-0.4, -0.2) is 89.0 Å². The van der Waals surface area contributed by atoms with Gasteiger partial charge >= 0.3 is 0 Å². The molecule has 1 atom stereocenters. The van der Waals surface area contributed by atoms with E-state index in [1.54, 1.807) is 45.0 Å². The lowest BCUT2D eigenvalue weighted by atomic mass is 9.79. The number of likely N-dealkylation sites (N-methyl/N-ethyl adjacent to an activating group) is 2. The van der Waals surface area contributed by atoms with E-state index < -0.39 is 10.0 Å². The standard InChI is InChI=1S/C28H45N3O5S/c1-21-16-25(35-7)17-22(2)27(21)37(33,34)30(6)14-15-36-20-26(32)29(5)18-23-10-11-24(28(23,3)4)19-31-12-8-9-13-31/h16-18,24H,8-15,19-20H2,1-7H3/b23-18+/t24-/m1/s1. The van der Waals surface area contributed by atoms with Gasteiger partial charge in [0.1, 0.15) is 12.4 Å². The fourth-order valence-electron chi connectivity index (χ4n) is 5.57. The van der Waals surface area contributed by atoms with Crippen LogP contribution >= 0.6 is 0 Å². The normalized spacial score (nSPS) is 21.2. The largest absolute Gasteiger partial charge is 0.497 e. The third-order valence-corrected chi connectivity index (χ3v) is 10.3. The molecular formula is C28H45N3O5S. The van der Waals surface area contributed by atoms with Gasteiger partial charge in [0.15, 0.2) is 0 Å². The zero-order chi connectivity index (χ0) is 27.4. The first-order valence-electron chi connectivity index (χ1n) is 13.3. The fourth-order valence-corrected chi connectivity index (χ4v) is 7.13. The molecule has 1 aliphatic carbocycles. The van der Waals surface area contributed by atoms with Gasteiger partial charge < -0.3 is 19.3 Å². The van der Waals surface area contributed by atoms with Crippen molar-refractivity contribution in [2.45, 2.75) is 58.3 Å². The highest BCUT2D eigenvalue weighted by atomic mass is 32.2.